The molecule has 0 aliphatic carbocycles. The van der Waals surface area contributed by atoms with Crippen molar-refractivity contribution in [3.8, 4) is 0 Å². The van der Waals surface area contributed by atoms with Crippen molar-refractivity contribution in [3.63, 3.8) is 0 Å². The van der Waals surface area contributed by atoms with E-state index in [0.29, 0.717) is 6.61 Å². The van der Waals surface area contributed by atoms with Gasteiger partial charge in [-0.2, -0.15) is 0 Å². The van der Waals surface area contributed by atoms with Crippen LogP contribution in [0, 0.1) is 5.92 Å². The second-order valence-corrected chi connectivity index (χ2v) is 22.7. The quantitative estimate of drug-likeness (QED) is 0.0597. The highest BCUT2D eigenvalue weighted by Gasteiger charge is 2.25. The third kappa shape index (κ3) is 60.1. The first-order chi connectivity index (χ1) is 33.0. The first-order valence-electron chi connectivity index (χ1n) is 32.4. The van der Waals surface area contributed by atoms with Gasteiger partial charge >= 0.3 is 0 Å². The van der Waals surface area contributed by atoms with Crippen LogP contribution in [0.25, 0.3) is 0 Å². The van der Waals surface area contributed by atoms with Gasteiger partial charge in [0.15, 0.2) is 0 Å². The summed E-state index contributed by atoms with van der Waals surface area (Å²) in [5, 5.41) is 20.5. The number of hydrogen-bond donors (Lipinski definition) is 2. The van der Waals surface area contributed by atoms with Crippen LogP contribution in [-0.2, 0) is 0 Å². The van der Waals surface area contributed by atoms with Crippen molar-refractivity contribution in [2.45, 2.75) is 406 Å². The van der Waals surface area contributed by atoms with Gasteiger partial charge in [-0.1, -0.05) is 369 Å². The molecule has 0 saturated carbocycles. The summed E-state index contributed by atoms with van der Waals surface area (Å²) < 4.78 is 0. The van der Waals surface area contributed by atoms with Gasteiger partial charge in [0, 0.05) is 6.61 Å². The van der Waals surface area contributed by atoms with Crippen LogP contribution < -0.4 is 0 Å². The lowest BCUT2D eigenvalue weighted by Crippen LogP contribution is -2.28. The maximum atomic E-state index is 11.3. The van der Waals surface area contributed by atoms with Crippen molar-refractivity contribution in [2.24, 2.45) is 5.92 Å². The molecule has 0 fully saturated rings. The molecule has 0 rings (SSSR count). The van der Waals surface area contributed by atoms with Gasteiger partial charge in [0.1, 0.15) is 0 Å². The number of aliphatic hydroxyl groups is 2. The molecule has 2 N–H and O–H groups in total. The molecule has 0 amide bonds. The summed E-state index contributed by atoms with van der Waals surface area (Å²) in [6.45, 7) is 11.8. The third-order valence-electron chi connectivity index (χ3n) is 15.7. The van der Waals surface area contributed by atoms with E-state index in [9.17, 15) is 10.2 Å². The zero-order chi connectivity index (χ0) is 49.1. The van der Waals surface area contributed by atoms with Gasteiger partial charge in [0.2, 0.25) is 0 Å². The van der Waals surface area contributed by atoms with E-state index in [1.54, 1.807) is 0 Å². The summed E-state index contributed by atoms with van der Waals surface area (Å²) in [4.78, 5) is 0. The Morgan fingerprint density at radius 2 is 0.403 bits per heavy atom. The zero-order valence-electron chi connectivity index (χ0n) is 48.0. The Hall–Kier alpha value is -0.0800. The summed E-state index contributed by atoms with van der Waals surface area (Å²) in [7, 11) is 0. The van der Waals surface area contributed by atoms with Crippen LogP contribution >= 0.6 is 0 Å². The second-order valence-electron chi connectivity index (χ2n) is 22.7. The van der Waals surface area contributed by atoms with Gasteiger partial charge in [-0.05, 0) is 38.0 Å². The number of unbranched alkanes of at least 4 members (excludes halogenated alkanes) is 45. The lowest BCUT2D eigenvalue weighted by molar-refractivity contribution is 0.00746. The van der Waals surface area contributed by atoms with Crippen LogP contribution in [0.1, 0.15) is 401 Å². The highest BCUT2D eigenvalue weighted by atomic mass is 16.3. The van der Waals surface area contributed by atoms with E-state index >= 15 is 0 Å². The number of hydrogen-bond acceptors (Lipinski definition) is 2. The molecular formula is C65H134O2. The lowest BCUT2D eigenvalue weighted by atomic mass is 9.85. The minimum absolute atomic E-state index is 0.368. The van der Waals surface area contributed by atoms with E-state index in [-0.39, 0.29) is 5.60 Å². The maximum Gasteiger partial charge on any atom is 0.0647 e. The largest absolute Gasteiger partial charge is 0.396 e. The molecule has 2 nitrogen and oxygen atoms in total. The topological polar surface area (TPSA) is 40.5 Å². The van der Waals surface area contributed by atoms with Gasteiger partial charge in [0.25, 0.3) is 0 Å². The van der Waals surface area contributed by atoms with Crippen LogP contribution in [-0.4, -0.2) is 22.4 Å². The van der Waals surface area contributed by atoms with Crippen LogP contribution in [0.15, 0.2) is 0 Å². The molecule has 0 aliphatic heterocycles. The lowest BCUT2D eigenvalue weighted by Gasteiger charge is -2.28. The zero-order valence-corrected chi connectivity index (χ0v) is 48.0. The highest BCUT2D eigenvalue weighted by molar-refractivity contribution is 4.78. The number of aliphatic hydroxyl groups excluding tert-OH is 1. The second kappa shape index (κ2) is 62.0. The molecule has 0 unspecified atom stereocenters. The van der Waals surface area contributed by atoms with E-state index in [4.69, 9.17) is 0 Å². The molecule has 0 aromatic carbocycles. The smallest absolute Gasteiger partial charge is 0.0647 e. The minimum atomic E-state index is -0.368. The van der Waals surface area contributed by atoms with Crippen LogP contribution in [0.5, 0.6) is 0 Å². The molecule has 406 valence electrons. The first-order valence-corrected chi connectivity index (χ1v) is 32.4. The molecule has 0 aromatic heterocycles. The molecule has 2 heteroatoms. The van der Waals surface area contributed by atoms with Crippen molar-refractivity contribution < 1.29 is 10.2 Å². The summed E-state index contributed by atoms with van der Waals surface area (Å²) in [5.74, 6) is 0.878. The molecule has 0 spiro atoms. The van der Waals surface area contributed by atoms with Gasteiger partial charge in [-0.15, -0.1) is 0 Å². The van der Waals surface area contributed by atoms with Crippen molar-refractivity contribution >= 4 is 0 Å². The Morgan fingerprint density at radius 1 is 0.224 bits per heavy atom. The van der Waals surface area contributed by atoms with Crippen LogP contribution in [0.2, 0.25) is 0 Å². The molecule has 0 aromatic rings. The van der Waals surface area contributed by atoms with Crippen molar-refractivity contribution in [3.05, 3.63) is 0 Å². The van der Waals surface area contributed by atoms with Crippen molar-refractivity contribution in [1.82, 2.24) is 0 Å². The van der Waals surface area contributed by atoms with E-state index < -0.39 is 0 Å². The van der Waals surface area contributed by atoms with Crippen molar-refractivity contribution in [2.75, 3.05) is 6.61 Å². The molecule has 0 aliphatic rings. The van der Waals surface area contributed by atoms with Crippen LogP contribution in [0.4, 0.5) is 0 Å². The summed E-state index contributed by atoms with van der Waals surface area (Å²) in [6.07, 6.45) is 78.7. The van der Waals surface area contributed by atoms with E-state index in [2.05, 4.69) is 34.6 Å². The average Bonchev–Trinajstić information content (AvgIpc) is 3.34. The van der Waals surface area contributed by atoms with Gasteiger partial charge in [-0.3, -0.25) is 0 Å². The Bertz CT molecular complexity index is 768. The van der Waals surface area contributed by atoms with Crippen LogP contribution in [0.3, 0.4) is 0 Å². The first kappa shape index (κ1) is 69.0. The van der Waals surface area contributed by atoms with E-state index in [1.807, 2.05) is 0 Å². The normalized spacial score (nSPS) is 11.8. The summed E-state index contributed by atoms with van der Waals surface area (Å²) in [5.41, 5.74) is -0.368. The molecule has 0 radical (unpaired) electrons. The molecule has 0 saturated heterocycles. The SMILES string of the molecule is CCCCCCCCCCCCCCC(CCCO)CCCCCCCCCCCCCC.CCCCCCCCCCCCCCC(O)(CCCC)CCCCCCCCCCCCCC. The molecule has 0 atom stereocenters. The monoisotopic (exact) mass is 947 g/mol. The minimum Gasteiger partial charge on any atom is -0.396 e. The van der Waals surface area contributed by atoms with Gasteiger partial charge < -0.3 is 10.2 Å². The predicted octanol–water partition coefficient (Wildman–Crippen LogP) is 23.6. The molecule has 0 heterocycles. The summed E-state index contributed by atoms with van der Waals surface area (Å²) >= 11 is 0. The average molecular weight is 948 g/mol. The van der Waals surface area contributed by atoms with E-state index in [0.717, 1.165) is 31.6 Å². The Kier molecular flexibility index (Phi) is 63.9. The van der Waals surface area contributed by atoms with Gasteiger partial charge in [0.05, 0.1) is 5.60 Å². The fourth-order valence-corrected chi connectivity index (χ4v) is 10.8. The fraction of sp³-hybridized carbons (Fsp3) is 1.00. The van der Waals surface area contributed by atoms with E-state index in [1.165, 1.54) is 340 Å². The maximum absolute atomic E-state index is 11.3. The molecular weight excluding hydrogens is 813 g/mol. The van der Waals surface area contributed by atoms with Gasteiger partial charge in [-0.25, -0.2) is 0 Å². The Balaban J connectivity index is 0. The standard InChI is InChI=1S/C33H68O.C32H66O/c1-4-7-10-12-14-16-18-20-22-24-26-28-31-33(34,30-9-6-3)32-29-27-25-23-21-19-17-15-13-11-8-5-2;1-3-5-7-9-11-13-15-17-19-21-23-25-28-32(30-27-31-33)29-26-24-22-20-18-16-14-12-10-8-6-4-2/h34H,4-32H2,1-3H3;32-33H,3-31H2,1-2H3. The van der Waals surface area contributed by atoms with Crippen molar-refractivity contribution in [1.29, 1.82) is 0 Å². The third-order valence-corrected chi connectivity index (χ3v) is 15.7. The summed E-state index contributed by atoms with van der Waals surface area (Å²) in [6, 6.07) is 0. The molecule has 0 bridgehead atoms. The molecule has 67 heavy (non-hydrogen) atoms. The highest BCUT2D eigenvalue weighted by Crippen LogP contribution is 2.29. The Morgan fingerprint density at radius 3 is 0.627 bits per heavy atom. The number of rotatable bonds is 58. The fourth-order valence-electron chi connectivity index (χ4n) is 10.8. The Labute approximate surface area is 427 Å². The predicted molar refractivity (Wildman–Crippen MR) is 307 cm³/mol.